The van der Waals surface area contributed by atoms with Crippen molar-refractivity contribution in [1.29, 1.82) is 0 Å². The summed E-state index contributed by atoms with van der Waals surface area (Å²) in [6, 6.07) is 11.3. The van der Waals surface area contributed by atoms with Gasteiger partial charge in [0.2, 0.25) is 0 Å². The Bertz CT molecular complexity index is 1030. The zero-order valence-electron chi connectivity index (χ0n) is 17.3. The Morgan fingerprint density at radius 1 is 1.13 bits per heavy atom. The number of carbonyl (C=O) groups is 1. The topological polar surface area (TPSA) is 82.8 Å². The minimum atomic E-state index is -2.96. The van der Waals surface area contributed by atoms with Crippen molar-refractivity contribution in [3.05, 3.63) is 70.6 Å². The molecule has 0 unspecified atom stereocenters. The van der Waals surface area contributed by atoms with Crippen LogP contribution in [-0.2, 0) is 13.2 Å². The lowest BCUT2D eigenvalue weighted by Crippen LogP contribution is -2.23. The Hall–Kier alpha value is -3.62. The predicted molar refractivity (Wildman–Crippen MR) is 108 cm³/mol. The summed E-state index contributed by atoms with van der Waals surface area (Å²) in [6.45, 7) is 1.03. The van der Waals surface area contributed by atoms with Crippen molar-refractivity contribution in [2.45, 2.75) is 33.6 Å². The molecule has 0 atom stereocenters. The van der Waals surface area contributed by atoms with Crippen LogP contribution in [0.4, 0.5) is 8.78 Å². The van der Waals surface area contributed by atoms with Crippen LogP contribution in [0.15, 0.2) is 47.0 Å². The number of benzene rings is 2. The van der Waals surface area contributed by atoms with E-state index in [4.69, 9.17) is 14.0 Å². The molecule has 164 valence electrons. The normalized spacial score (nSPS) is 10.8. The minimum absolute atomic E-state index is 0.0781. The molecule has 1 amide bonds. The number of ether oxygens (including phenoxy) is 3. The first-order chi connectivity index (χ1) is 14.9. The van der Waals surface area contributed by atoms with Gasteiger partial charge in [0.25, 0.3) is 5.91 Å². The lowest BCUT2D eigenvalue weighted by Gasteiger charge is -2.13. The van der Waals surface area contributed by atoms with E-state index in [0.717, 1.165) is 11.3 Å². The van der Waals surface area contributed by atoms with Crippen LogP contribution in [0.1, 0.15) is 32.9 Å². The Morgan fingerprint density at radius 2 is 1.90 bits per heavy atom. The van der Waals surface area contributed by atoms with E-state index < -0.39 is 6.61 Å². The van der Waals surface area contributed by atoms with Crippen molar-refractivity contribution in [2.75, 3.05) is 7.11 Å². The largest absolute Gasteiger partial charge is 0.493 e. The molecule has 0 aliphatic carbocycles. The Balaban J connectivity index is 1.67. The number of hydrogen-bond acceptors (Lipinski definition) is 6. The summed E-state index contributed by atoms with van der Waals surface area (Å²) in [5.41, 5.74) is 2.57. The van der Waals surface area contributed by atoms with E-state index >= 15 is 0 Å². The number of rotatable bonds is 9. The molecular formula is C22H22F2N2O5. The Morgan fingerprint density at radius 3 is 2.58 bits per heavy atom. The molecule has 2 aromatic carbocycles. The molecule has 0 saturated heterocycles. The second kappa shape index (κ2) is 9.92. The summed E-state index contributed by atoms with van der Waals surface area (Å²) in [5.74, 6) is 0.799. The summed E-state index contributed by atoms with van der Waals surface area (Å²) in [5, 5.41) is 6.68. The SMILES string of the molecule is COc1cc(CNC(=O)c2ccccc2OCc2c(C)noc2C)ccc1OC(F)F. The first-order valence-corrected chi connectivity index (χ1v) is 9.42. The smallest absolute Gasteiger partial charge is 0.387 e. The number of hydrogen-bond donors (Lipinski definition) is 1. The fraction of sp³-hybridized carbons (Fsp3) is 0.273. The quantitative estimate of drug-likeness (QED) is 0.539. The number of para-hydroxylation sites is 1. The van der Waals surface area contributed by atoms with Gasteiger partial charge in [0.1, 0.15) is 18.1 Å². The van der Waals surface area contributed by atoms with E-state index in [1.165, 1.54) is 19.2 Å². The van der Waals surface area contributed by atoms with Gasteiger partial charge in [-0.2, -0.15) is 8.78 Å². The van der Waals surface area contributed by atoms with Crippen LogP contribution in [-0.4, -0.2) is 24.8 Å². The lowest BCUT2D eigenvalue weighted by molar-refractivity contribution is -0.0512. The number of amides is 1. The van der Waals surface area contributed by atoms with E-state index in [2.05, 4.69) is 15.2 Å². The average molecular weight is 432 g/mol. The summed E-state index contributed by atoms with van der Waals surface area (Å²) in [7, 11) is 1.35. The summed E-state index contributed by atoms with van der Waals surface area (Å²) >= 11 is 0. The van der Waals surface area contributed by atoms with Gasteiger partial charge in [-0.05, 0) is 43.7 Å². The summed E-state index contributed by atoms with van der Waals surface area (Å²) in [4.78, 5) is 12.7. The highest BCUT2D eigenvalue weighted by molar-refractivity contribution is 5.96. The van der Waals surface area contributed by atoms with Gasteiger partial charge >= 0.3 is 6.61 Å². The monoisotopic (exact) mass is 432 g/mol. The van der Waals surface area contributed by atoms with Gasteiger partial charge in [-0.1, -0.05) is 23.4 Å². The van der Waals surface area contributed by atoms with Gasteiger partial charge in [-0.25, -0.2) is 0 Å². The maximum Gasteiger partial charge on any atom is 0.387 e. The highest BCUT2D eigenvalue weighted by atomic mass is 19.3. The van der Waals surface area contributed by atoms with Crippen LogP contribution < -0.4 is 19.5 Å². The molecule has 0 aliphatic heterocycles. The van der Waals surface area contributed by atoms with Gasteiger partial charge in [0.05, 0.1) is 23.9 Å². The summed E-state index contributed by atoms with van der Waals surface area (Å²) < 4.78 is 45.4. The number of carbonyl (C=O) groups excluding carboxylic acids is 1. The molecule has 0 spiro atoms. The number of nitrogens with zero attached hydrogens (tertiary/aromatic N) is 1. The molecule has 3 rings (SSSR count). The standard InChI is InChI=1S/C22H22F2N2O5/c1-13-17(14(2)31-26-13)12-29-18-7-5-4-6-16(18)21(27)25-11-15-8-9-19(30-22(23)24)20(10-15)28-3/h4-10,22H,11-12H2,1-3H3,(H,25,27). The third-order valence-electron chi connectivity index (χ3n) is 4.58. The van der Waals surface area contributed by atoms with Crippen molar-refractivity contribution in [3.63, 3.8) is 0 Å². The van der Waals surface area contributed by atoms with Gasteiger partial charge in [-0.3, -0.25) is 4.79 Å². The van der Waals surface area contributed by atoms with Crippen LogP contribution in [0.3, 0.4) is 0 Å². The Labute approximate surface area is 177 Å². The molecule has 7 nitrogen and oxygen atoms in total. The average Bonchev–Trinajstić information content (AvgIpc) is 3.08. The first-order valence-electron chi connectivity index (χ1n) is 9.42. The molecule has 0 aliphatic rings. The van der Waals surface area contributed by atoms with E-state index in [0.29, 0.717) is 22.6 Å². The van der Waals surface area contributed by atoms with Crippen molar-refractivity contribution in [2.24, 2.45) is 0 Å². The zero-order chi connectivity index (χ0) is 22.4. The second-order valence-corrected chi connectivity index (χ2v) is 6.63. The van der Waals surface area contributed by atoms with E-state index in [1.807, 2.05) is 6.92 Å². The van der Waals surface area contributed by atoms with E-state index in [-0.39, 0.29) is 30.6 Å². The van der Waals surface area contributed by atoms with Crippen LogP contribution in [0.2, 0.25) is 0 Å². The van der Waals surface area contributed by atoms with Crippen molar-refractivity contribution >= 4 is 5.91 Å². The van der Waals surface area contributed by atoms with Crippen molar-refractivity contribution < 1.29 is 32.3 Å². The molecule has 9 heteroatoms. The van der Waals surface area contributed by atoms with Crippen LogP contribution >= 0.6 is 0 Å². The molecule has 0 radical (unpaired) electrons. The van der Waals surface area contributed by atoms with Gasteiger partial charge in [0.15, 0.2) is 11.5 Å². The third kappa shape index (κ3) is 5.50. The third-order valence-corrected chi connectivity index (χ3v) is 4.58. The molecule has 1 N–H and O–H groups in total. The molecule has 31 heavy (non-hydrogen) atoms. The fourth-order valence-corrected chi connectivity index (χ4v) is 2.93. The number of halogens is 2. The number of aryl methyl sites for hydroxylation is 2. The predicted octanol–water partition coefficient (Wildman–Crippen LogP) is 4.41. The van der Waals surface area contributed by atoms with Crippen molar-refractivity contribution in [3.8, 4) is 17.2 Å². The lowest BCUT2D eigenvalue weighted by atomic mass is 10.1. The highest BCUT2D eigenvalue weighted by Gasteiger charge is 2.16. The van der Waals surface area contributed by atoms with Crippen LogP contribution in [0.5, 0.6) is 17.2 Å². The molecule has 0 fully saturated rings. The molecular weight excluding hydrogens is 410 g/mol. The van der Waals surface area contributed by atoms with Gasteiger partial charge in [-0.15, -0.1) is 0 Å². The maximum atomic E-state index is 12.7. The van der Waals surface area contributed by atoms with Gasteiger partial charge < -0.3 is 24.1 Å². The van der Waals surface area contributed by atoms with Crippen LogP contribution in [0.25, 0.3) is 0 Å². The summed E-state index contributed by atoms with van der Waals surface area (Å²) in [6.07, 6.45) is 0. The molecule has 3 aromatic rings. The Kier molecular flexibility index (Phi) is 7.07. The molecule has 1 aromatic heterocycles. The fourth-order valence-electron chi connectivity index (χ4n) is 2.93. The van der Waals surface area contributed by atoms with E-state index in [1.54, 1.807) is 37.3 Å². The van der Waals surface area contributed by atoms with Crippen molar-refractivity contribution in [1.82, 2.24) is 10.5 Å². The second-order valence-electron chi connectivity index (χ2n) is 6.63. The zero-order valence-corrected chi connectivity index (χ0v) is 17.3. The molecule has 0 saturated carbocycles. The number of alkyl halides is 2. The van der Waals surface area contributed by atoms with Gasteiger partial charge in [0, 0.05) is 6.54 Å². The number of nitrogens with one attached hydrogen (secondary N) is 1. The van der Waals surface area contributed by atoms with Crippen LogP contribution in [0, 0.1) is 13.8 Å². The highest BCUT2D eigenvalue weighted by Crippen LogP contribution is 2.29. The van der Waals surface area contributed by atoms with E-state index in [9.17, 15) is 13.6 Å². The molecule has 0 bridgehead atoms. The first kappa shape index (κ1) is 22.1. The maximum absolute atomic E-state index is 12.7. The molecule has 1 heterocycles. The number of aromatic nitrogens is 1. The number of methoxy groups -OCH3 is 1. The minimum Gasteiger partial charge on any atom is -0.493 e.